The Labute approximate surface area is 838 Å². The second-order valence-corrected chi connectivity index (χ2v) is 47.1. The SMILES string of the molecule is C[C@H]1CCCN1C(=O)c1nc(C(=O)N[C@@H]2CCC[C@H]2O)sc1-c1cnc(NC(C)(C)C)cc1C(F)F.Cc1cc(NC(C)(C)C)ncc1-c1sc(C(=O)N[C@@H]2CCC[C@H]2O)nc1C(=O)N1C2CCC1CC2.Cc1cc(NC(C)C)ncc1-c1sc(C(=O)N[C@@H]2CC[C@@H](O)C2)nc1C(=O)N1C2CCC1CC2.Cc1cc(N[C@H](C)C2CC2)ncc1-c1sc(C(=O)N[C@@H]2CCC[C@H]2O)nc1C(=O)N1C2CCC1CC2. The molecule has 8 aromatic rings. The molecule has 12 N–H and O–H groups in total. The first kappa shape index (κ1) is 102. The van der Waals surface area contributed by atoms with Crippen LogP contribution in [0.3, 0.4) is 0 Å². The highest BCUT2D eigenvalue weighted by molar-refractivity contribution is 7.18. The third kappa shape index (κ3) is 23.3. The van der Waals surface area contributed by atoms with Gasteiger partial charge in [-0.2, -0.15) is 0 Å². The summed E-state index contributed by atoms with van der Waals surface area (Å²) in [5.74, 6) is 1.31. The summed E-state index contributed by atoms with van der Waals surface area (Å²) in [5, 5.41) is 66.0. The van der Waals surface area contributed by atoms with Crippen molar-refractivity contribution < 1.29 is 67.6 Å². The van der Waals surface area contributed by atoms with Crippen molar-refractivity contribution in [2.75, 3.05) is 27.8 Å². The lowest BCUT2D eigenvalue weighted by molar-refractivity contribution is 0.0716. The number of hydrogen-bond acceptors (Lipinski definition) is 28. The molecule has 6 bridgehead atoms. The first-order valence-electron chi connectivity index (χ1n) is 50.8. The van der Waals surface area contributed by atoms with Gasteiger partial charge in [-0.25, -0.2) is 48.7 Å². The third-order valence-corrected chi connectivity index (χ3v) is 34.1. The van der Waals surface area contributed by atoms with Gasteiger partial charge in [0.25, 0.3) is 53.7 Å². The Balaban J connectivity index is 0.000000130. The molecule has 0 aromatic carbocycles. The molecule has 8 aromatic heterocycles. The number of aliphatic hydroxyl groups excluding tert-OH is 4. The number of aryl methyl sites for hydroxylation is 3. The standard InChI is InChI=1S/C27H35N5O3S.C26H35N5O3S.C25H33F2N5O3S.C25H33N5O3S/c1-14-12-22(29-15(2)16-6-7-16)28-13-19(14)24-23(27(35)32-17-8-9-18(32)11-10-17)31-26(36-24)25(34)30-20-4-3-5-21(20)33;1-14-12-20(30-26(2,3)4)27-13-17(14)22-21(25(34)31-15-8-9-16(31)11-10-15)29-24(35-22)23(33)28-18-6-5-7-19(18)32;1-13-7-6-10-32(13)24(35)19-20(36-23(30-19)22(34)29-16-8-5-9-17(16)33)15-12-28-18(31-25(2,3)4)11-14(15)21(26)27;1-13(2)27-20-10-14(3)19(12-26-20)22-21(25(33)30-16-5-6-17(30)8-7-16)29-24(34-22)23(32)28-15-4-9-18(31)11-15/h12-13,15-18,20-21,33H,3-11H2,1-2H3,(H,28,29)(H,30,34);12-13,15-16,18-19,32H,5-11H2,1-4H3,(H,27,30)(H,28,33);11-13,16-17,21,33H,5-10H2,1-4H3,(H,28,31)(H,29,34);10,12-13,15-18,31H,4-9,11H2,1-3H3,(H,26,27)(H,28,32)/t15-,17?,18?,20-,21-;15?,16?,18-,19-;13-,16+,17+;15-,16?,17?,18-/m1101/s1. The van der Waals surface area contributed by atoms with Crippen LogP contribution in [0.1, 0.15) is 359 Å². The quantitative estimate of drug-likeness (QED) is 0.0267. The normalized spacial score (nSPS) is 25.5. The number of aromatic nitrogens is 8. The van der Waals surface area contributed by atoms with E-state index < -0.39 is 36.7 Å². The van der Waals surface area contributed by atoms with Crippen molar-refractivity contribution in [2.45, 2.75) is 390 Å². The van der Waals surface area contributed by atoms with Crippen molar-refractivity contribution in [1.82, 2.24) is 80.7 Å². The number of alkyl halides is 2. The number of carbonyl (C=O) groups excluding carboxylic acids is 8. The van der Waals surface area contributed by atoms with Crippen molar-refractivity contribution in [1.29, 1.82) is 0 Å². The largest absolute Gasteiger partial charge is 0.393 e. The van der Waals surface area contributed by atoms with Gasteiger partial charge < -0.3 is 82.6 Å². The van der Waals surface area contributed by atoms with Gasteiger partial charge in [0.05, 0.1) is 62.0 Å². The average molecular weight is 2010 g/mol. The Morgan fingerprint density at radius 1 is 0.397 bits per heavy atom. The van der Waals surface area contributed by atoms with E-state index in [9.17, 15) is 67.6 Å². The molecule has 0 radical (unpaired) electrons. The maximum absolute atomic E-state index is 14.2. The number of pyridine rings is 4. The van der Waals surface area contributed by atoms with Crippen LogP contribution in [-0.2, 0) is 0 Å². The van der Waals surface area contributed by atoms with Gasteiger partial charge >= 0.3 is 0 Å². The van der Waals surface area contributed by atoms with Gasteiger partial charge in [-0.3, -0.25) is 38.4 Å². The maximum Gasteiger partial charge on any atom is 0.280 e. The predicted molar refractivity (Wildman–Crippen MR) is 543 cm³/mol. The minimum Gasteiger partial charge on any atom is -0.393 e. The number of carbonyl (C=O) groups is 8. The van der Waals surface area contributed by atoms with Crippen LogP contribution in [0.5, 0.6) is 0 Å². The van der Waals surface area contributed by atoms with Crippen LogP contribution in [0.15, 0.2) is 49.1 Å². The number of fused-ring (bicyclic) bond motifs is 6. The second-order valence-electron chi connectivity index (χ2n) is 43.1. The predicted octanol–water partition coefficient (Wildman–Crippen LogP) is 16.6. The summed E-state index contributed by atoms with van der Waals surface area (Å²) in [7, 11) is 0. The molecule has 0 unspecified atom stereocenters. The molecule has 0 spiro atoms. The number of rotatable bonds is 24. The van der Waals surface area contributed by atoms with Crippen LogP contribution in [-0.4, -0.2) is 248 Å². The number of aliphatic hydroxyl groups is 4. The molecular formula is C103H136F2N20O12S4. The maximum atomic E-state index is 14.2. The van der Waals surface area contributed by atoms with E-state index in [1.54, 1.807) is 17.3 Å². The van der Waals surface area contributed by atoms with Crippen molar-refractivity contribution in [3.05, 3.63) is 114 Å². The molecule has 8 amide bonds. The molecule has 5 saturated carbocycles. The van der Waals surface area contributed by atoms with Crippen LogP contribution in [0.25, 0.3) is 41.8 Å². The van der Waals surface area contributed by atoms with Crippen molar-refractivity contribution in [3.63, 3.8) is 0 Å². The van der Waals surface area contributed by atoms with E-state index >= 15 is 0 Å². The van der Waals surface area contributed by atoms with Crippen LogP contribution >= 0.6 is 45.3 Å². The Morgan fingerprint density at radius 2 is 0.730 bits per heavy atom. The molecule has 7 aliphatic heterocycles. The number of nitrogens with one attached hydrogen (secondary N) is 8. The number of likely N-dealkylation sites (tertiary alicyclic amines) is 1. The molecule has 10 atom stereocenters. The highest BCUT2D eigenvalue weighted by Gasteiger charge is 2.49. The number of nitrogens with zero attached hydrogens (tertiary/aromatic N) is 12. The average Bonchev–Trinajstić information content (AvgIpc) is 1.62. The zero-order chi connectivity index (χ0) is 100. The van der Waals surface area contributed by atoms with Gasteiger partial charge in [-0.05, 0) is 317 Å². The summed E-state index contributed by atoms with van der Waals surface area (Å²) in [6.45, 7) is 26.7. The summed E-state index contributed by atoms with van der Waals surface area (Å²) in [6.07, 6.45) is 27.2. The number of amides is 8. The first-order chi connectivity index (χ1) is 67.2. The van der Waals surface area contributed by atoms with Crippen molar-refractivity contribution in [3.8, 4) is 41.8 Å². The first-order valence-corrected chi connectivity index (χ1v) is 54.1. The zero-order valence-corrected chi connectivity index (χ0v) is 86.2. The highest BCUT2D eigenvalue weighted by atomic mass is 32.1. The van der Waals surface area contributed by atoms with Crippen LogP contribution in [0, 0.1) is 26.7 Å². The van der Waals surface area contributed by atoms with Crippen molar-refractivity contribution >= 4 is 116 Å². The summed E-state index contributed by atoms with van der Waals surface area (Å²) in [4.78, 5) is 153. The number of anilines is 4. The van der Waals surface area contributed by atoms with E-state index in [0.29, 0.717) is 94.6 Å². The highest BCUT2D eigenvalue weighted by Crippen LogP contribution is 2.48. The summed E-state index contributed by atoms with van der Waals surface area (Å²) < 4.78 is 28.5. The number of halogens is 2. The lowest BCUT2D eigenvalue weighted by atomic mass is 10.0. The van der Waals surface area contributed by atoms with Crippen LogP contribution in [0.2, 0.25) is 0 Å². The van der Waals surface area contributed by atoms with Crippen LogP contribution < -0.4 is 42.5 Å². The van der Waals surface area contributed by atoms with Crippen molar-refractivity contribution in [2.24, 2.45) is 5.92 Å². The smallest absolute Gasteiger partial charge is 0.280 e. The lowest BCUT2D eigenvalue weighted by Crippen LogP contribution is -2.40. The van der Waals surface area contributed by atoms with E-state index in [2.05, 4.69) is 124 Å². The molecule has 12 fully saturated rings. The molecule has 12 aliphatic rings. The van der Waals surface area contributed by atoms with Gasteiger partial charge in [0, 0.05) is 131 Å². The lowest BCUT2D eigenvalue weighted by Gasteiger charge is -2.23. The zero-order valence-electron chi connectivity index (χ0n) is 82.9. The molecule has 7 saturated heterocycles. The molecule has 141 heavy (non-hydrogen) atoms. The van der Waals surface area contributed by atoms with Gasteiger partial charge in [0.2, 0.25) is 0 Å². The fraction of sp³-hybridized carbons (Fsp3) is 0.612. The molecule has 38 heteroatoms. The van der Waals surface area contributed by atoms with Gasteiger partial charge in [-0.15, -0.1) is 45.3 Å². The third-order valence-electron chi connectivity index (χ3n) is 29.7. The molecule has 758 valence electrons. The minimum absolute atomic E-state index is 0.00332. The molecule has 15 heterocycles. The molecular weight excluding hydrogens is 1880 g/mol. The molecule has 32 nitrogen and oxygen atoms in total. The van der Waals surface area contributed by atoms with Gasteiger partial charge in [0.1, 0.15) is 46.0 Å². The van der Waals surface area contributed by atoms with E-state index in [0.717, 1.165) is 191 Å². The van der Waals surface area contributed by atoms with E-state index in [1.165, 1.54) is 59.1 Å². The van der Waals surface area contributed by atoms with Gasteiger partial charge in [0.15, 0.2) is 20.0 Å². The Kier molecular flexibility index (Phi) is 31.2. The van der Waals surface area contributed by atoms with E-state index in [1.807, 2.05) is 87.6 Å². The summed E-state index contributed by atoms with van der Waals surface area (Å²) in [5.41, 5.74) is 5.73. The molecule has 20 rings (SSSR count). The van der Waals surface area contributed by atoms with Gasteiger partial charge in [-0.1, -0.05) is 0 Å². The topological polar surface area (TPSA) is 430 Å². The number of hydrogen-bond donors (Lipinski definition) is 12. The second kappa shape index (κ2) is 43.0. The molecule has 5 aliphatic carbocycles. The number of thiazole rings is 4. The van der Waals surface area contributed by atoms with E-state index in [-0.39, 0.29) is 167 Å². The van der Waals surface area contributed by atoms with Crippen LogP contribution in [0.4, 0.5) is 32.1 Å². The minimum atomic E-state index is -2.83. The summed E-state index contributed by atoms with van der Waals surface area (Å²) >= 11 is 4.64. The van der Waals surface area contributed by atoms with E-state index in [4.69, 9.17) is 0 Å². The fourth-order valence-corrected chi connectivity index (χ4v) is 26.4. The fourth-order valence-electron chi connectivity index (χ4n) is 22.3. The Morgan fingerprint density at radius 3 is 1.04 bits per heavy atom. The Hall–Kier alpha value is -10.2. The summed E-state index contributed by atoms with van der Waals surface area (Å²) in [6, 6.07) is 8.54. The monoisotopic (exact) mass is 2010 g/mol. The Bertz CT molecular complexity index is 5910.